The predicted octanol–water partition coefficient (Wildman–Crippen LogP) is 2.51. The molecule has 0 fully saturated rings. The average Bonchev–Trinajstić information content (AvgIpc) is 3.21. The summed E-state index contributed by atoms with van der Waals surface area (Å²) in [5, 5.41) is 21.6. The molecule has 4 heterocycles. The van der Waals surface area contributed by atoms with Crippen LogP contribution in [0.3, 0.4) is 0 Å². The Morgan fingerprint density at radius 2 is 2.04 bits per heavy atom. The summed E-state index contributed by atoms with van der Waals surface area (Å²) in [6.07, 6.45) is 1.82. The van der Waals surface area contributed by atoms with Gasteiger partial charge in [-0.3, -0.25) is 4.98 Å². The number of fused-ring (bicyclic) bond motifs is 1. The van der Waals surface area contributed by atoms with Gasteiger partial charge in [0.2, 0.25) is 5.95 Å². The lowest BCUT2D eigenvalue weighted by Gasteiger charge is -2.17. The van der Waals surface area contributed by atoms with E-state index in [1.165, 1.54) is 11.3 Å². The van der Waals surface area contributed by atoms with Gasteiger partial charge in [-0.05, 0) is 43.8 Å². The van der Waals surface area contributed by atoms with Crippen molar-refractivity contribution in [2.24, 2.45) is 0 Å². The normalized spacial score (nSPS) is 12.0. The van der Waals surface area contributed by atoms with Crippen molar-refractivity contribution in [3.05, 3.63) is 46.7 Å². The van der Waals surface area contributed by atoms with E-state index in [0.717, 1.165) is 21.5 Å². The number of nitrogens with zero attached hydrogens (tertiary/aromatic N) is 6. The van der Waals surface area contributed by atoms with E-state index in [4.69, 9.17) is 5.73 Å². The van der Waals surface area contributed by atoms with Crippen molar-refractivity contribution in [3.63, 3.8) is 0 Å². The van der Waals surface area contributed by atoms with E-state index in [-0.39, 0.29) is 5.95 Å². The highest BCUT2D eigenvalue weighted by atomic mass is 32.1. The van der Waals surface area contributed by atoms with Crippen LogP contribution in [0.1, 0.15) is 30.8 Å². The molecule has 4 aromatic heterocycles. The van der Waals surface area contributed by atoms with Crippen molar-refractivity contribution >= 4 is 27.5 Å². The molecule has 0 atom stereocenters. The van der Waals surface area contributed by atoms with Crippen LogP contribution in [0.5, 0.6) is 0 Å². The topological polar surface area (TPSA) is 116 Å². The van der Waals surface area contributed by atoms with E-state index in [9.17, 15) is 5.11 Å². The van der Waals surface area contributed by atoms with Crippen molar-refractivity contribution in [2.75, 3.05) is 5.73 Å². The summed E-state index contributed by atoms with van der Waals surface area (Å²) in [6, 6.07) is 5.56. The van der Waals surface area contributed by atoms with Crippen LogP contribution in [0, 0.1) is 6.92 Å². The van der Waals surface area contributed by atoms with Gasteiger partial charge in [0.25, 0.3) is 0 Å². The summed E-state index contributed by atoms with van der Waals surface area (Å²) in [4.78, 5) is 14.0. The molecule has 0 amide bonds. The zero-order chi connectivity index (χ0) is 19.2. The van der Waals surface area contributed by atoms with Crippen LogP contribution in [0.15, 0.2) is 29.8 Å². The number of aliphatic hydroxyl groups is 1. The Balaban J connectivity index is 1.68. The number of hydrogen-bond donors (Lipinski definition) is 2. The Morgan fingerprint density at radius 3 is 2.81 bits per heavy atom. The SMILES string of the molecule is Cc1csc2nc(N)nc(-c3cn(Cc4cccc(C(C)(C)O)n4)nn3)c12. The lowest BCUT2D eigenvalue weighted by Crippen LogP contribution is -2.18. The number of aryl methyl sites for hydroxylation is 1. The van der Waals surface area contributed by atoms with Crippen LogP contribution in [-0.2, 0) is 12.1 Å². The maximum atomic E-state index is 10.1. The lowest BCUT2D eigenvalue weighted by molar-refractivity contribution is 0.0736. The molecule has 27 heavy (non-hydrogen) atoms. The van der Waals surface area contributed by atoms with Gasteiger partial charge in [-0.2, -0.15) is 0 Å². The van der Waals surface area contributed by atoms with Crippen molar-refractivity contribution in [1.29, 1.82) is 0 Å². The third-order valence-electron chi connectivity index (χ3n) is 4.17. The van der Waals surface area contributed by atoms with E-state index >= 15 is 0 Å². The number of rotatable bonds is 4. The number of hydrogen-bond acceptors (Lipinski definition) is 8. The minimum Gasteiger partial charge on any atom is -0.384 e. The molecule has 0 radical (unpaired) electrons. The number of anilines is 1. The number of thiophene rings is 1. The van der Waals surface area contributed by atoms with Gasteiger partial charge in [0.15, 0.2) is 0 Å². The van der Waals surface area contributed by atoms with E-state index in [0.29, 0.717) is 23.6 Å². The first-order chi connectivity index (χ1) is 12.8. The van der Waals surface area contributed by atoms with Crippen LogP contribution in [-0.4, -0.2) is 35.1 Å². The van der Waals surface area contributed by atoms with Crippen LogP contribution in [0.2, 0.25) is 0 Å². The van der Waals surface area contributed by atoms with Crippen molar-refractivity contribution in [3.8, 4) is 11.4 Å². The highest BCUT2D eigenvalue weighted by Gasteiger charge is 2.18. The molecular formula is C18H19N7OS. The third kappa shape index (κ3) is 3.38. The molecular weight excluding hydrogens is 362 g/mol. The first-order valence-electron chi connectivity index (χ1n) is 8.42. The molecule has 8 nitrogen and oxygen atoms in total. The highest BCUT2D eigenvalue weighted by Crippen LogP contribution is 2.32. The van der Waals surface area contributed by atoms with Gasteiger partial charge < -0.3 is 10.8 Å². The Hall–Kier alpha value is -2.91. The maximum absolute atomic E-state index is 10.1. The number of nitrogen functional groups attached to an aromatic ring is 1. The smallest absolute Gasteiger partial charge is 0.222 e. The first kappa shape index (κ1) is 17.5. The van der Waals surface area contributed by atoms with E-state index in [2.05, 4.69) is 25.3 Å². The lowest BCUT2D eigenvalue weighted by atomic mass is 10.0. The summed E-state index contributed by atoms with van der Waals surface area (Å²) in [6.45, 7) is 5.86. The Morgan fingerprint density at radius 1 is 1.22 bits per heavy atom. The van der Waals surface area contributed by atoms with Gasteiger partial charge in [-0.25, -0.2) is 14.6 Å². The summed E-state index contributed by atoms with van der Waals surface area (Å²) in [7, 11) is 0. The van der Waals surface area contributed by atoms with Crippen molar-refractivity contribution in [2.45, 2.75) is 32.9 Å². The van der Waals surface area contributed by atoms with Gasteiger partial charge in [-0.1, -0.05) is 11.3 Å². The molecule has 0 aliphatic carbocycles. The third-order valence-corrected chi connectivity index (χ3v) is 5.16. The minimum absolute atomic E-state index is 0.216. The highest BCUT2D eigenvalue weighted by molar-refractivity contribution is 7.17. The molecule has 0 bridgehead atoms. The number of pyridine rings is 1. The fourth-order valence-corrected chi connectivity index (χ4v) is 3.77. The Kier molecular flexibility index (Phi) is 4.12. The molecule has 0 unspecified atom stereocenters. The van der Waals surface area contributed by atoms with Gasteiger partial charge in [-0.15, -0.1) is 16.4 Å². The van der Waals surface area contributed by atoms with Crippen LogP contribution >= 0.6 is 11.3 Å². The molecule has 138 valence electrons. The van der Waals surface area contributed by atoms with Gasteiger partial charge in [0.1, 0.15) is 21.8 Å². The standard InChI is InChI=1S/C18H19N7OS/c1-10-9-27-16-14(10)15(21-17(19)22-16)12-8-25(24-23-12)7-11-5-4-6-13(20-11)18(2,3)26/h4-6,8-9,26H,7H2,1-3H3,(H2,19,21,22). The number of nitrogens with two attached hydrogens (primary N) is 1. The molecule has 0 aliphatic rings. The Labute approximate surface area is 159 Å². The maximum Gasteiger partial charge on any atom is 0.222 e. The molecule has 3 N–H and O–H groups in total. The second-order valence-electron chi connectivity index (χ2n) is 6.90. The number of aromatic nitrogens is 6. The van der Waals surface area contributed by atoms with Gasteiger partial charge in [0.05, 0.1) is 24.1 Å². The zero-order valence-corrected chi connectivity index (χ0v) is 16.0. The molecule has 0 saturated heterocycles. The van der Waals surface area contributed by atoms with Crippen LogP contribution in [0.25, 0.3) is 21.6 Å². The van der Waals surface area contributed by atoms with E-state index in [1.54, 1.807) is 24.6 Å². The fourth-order valence-electron chi connectivity index (χ4n) is 2.84. The van der Waals surface area contributed by atoms with Crippen LogP contribution < -0.4 is 5.73 Å². The molecule has 0 saturated carbocycles. The molecule has 4 rings (SSSR count). The summed E-state index contributed by atoms with van der Waals surface area (Å²) in [5.74, 6) is 0.216. The summed E-state index contributed by atoms with van der Waals surface area (Å²) >= 11 is 1.53. The second-order valence-corrected chi connectivity index (χ2v) is 7.76. The molecule has 4 aromatic rings. The van der Waals surface area contributed by atoms with Crippen molar-refractivity contribution < 1.29 is 5.11 Å². The zero-order valence-electron chi connectivity index (χ0n) is 15.2. The van der Waals surface area contributed by atoms with E-state index < -0.39 is 5.60 Å². The largest absolute Gasteiger partial charge is 0.384 e. The second kappa shape index (κ2) is 6.36. The Bertz CT molecular complexity index is 1130. The van der Waals surface area contributed by atoms with E-state index in [1.807, 2.05) is 30.6 Å². The summed E-state index contributed by atoms with van der Waals surface area (Å²) in [5.41, 5.74) is 8.65. The fraction of sp³-hybridized carbons (Fsp3) is 0.278. The average molecular weight is 381 g/mol. The van der Waals surface area contributed by atoms with Gasteiger partial charge in [0, 0.05) is 5.39 Å². The van der Waals surface area contributed by atoms with Gasteiger partial charge >= 0.3 is 0 Å². The minimum atomic E-state index is -0.996. The quantitative estimate of drug-likeness (QED) is 0.558. The summed E-state index contributed by atoms with van der Waals surface area (Å²) < 4.78 is 1.69. The molecule has 0 aromatic carbocycles. The predicted molar refractivity (Wildman–Crippen MR) is 104 cm³/mol. The monoisotopic (exact) mass is 381 g/mol. The van der Waals surface area contributed by atoms with Crippen molar-refractivity contribution in [1.82, 2.24) is 29.9 Å². The molecule has 9 heteroatoms. The van der Waals surface area contributed by atoms with Crippen LogP contribution in [0.4, 0.5) is 5.95 Å². The molecule has 0 spiro atoms. The molecule has 0 aliphatic heterocycles. The first-order valence-corrected chi connectivity index (χ1v) is 9.30.